The van der Waals surface area contributed by atoms with Crippen molar-refractivity contribution in [3.63, 3.8) is 0 Å². The molecular formula is C5H15N3. The summed E-state index contributed by atoms with van der Waals surface area (Å²) in [6.07, 6.45) is 0. The smallest absolute Gasteiger partial charge is 0.0593 e. The summed E-state index contributed by atoms with van der Waals surface area (Å²) < 4.78 is 0. The highest BCUT2D eigenvalue weighted by molar-refractivity contribution is 4.47. The summed E-state index contributed by atoms with van der Waals surface area (Å²) in [6.45, 7) is 5.53. The van der Waals surface area contributed by atoms with Crippen molar-refractivity contribution in [3.8, 4) is 0 Å². The minimum Gasteiger partial charge on any atom is -0.317 e. The van der Waals surface area contributed by atoms with Crippen molar-refractivity contribution in [2.45, 2.75) is 13.8 Å². The zero-order chi connectivity index (χ0) is 6.57. The fourth-order valence-corrected chi connectivity index (χ4v) is 0.544. The first kappa shape index (κ1) is 7.88. The van der Waals surface area contributed by atoms with E-state index in [4.69, 9.17) is 11.6 Å². The Morgan fingerprint density at radius 2 is 2.00 bits per heavy atom. The molecule has 0 aliphatic heterocycles. The number of nitrogens with zero attached hydrogens (tertiary/aromatic N) is 1. The molecular weight excluding hydrogens is 102 g/mol. The van der Waals surface area contributed by atoms with Crippen LogP contribution in [0.1, 0.15) is 13.8 Å². The fourth-order valence-electron chi connectivity index (χ4n) is 0.544. The van der Waals surface area contributed by atoms with Crippen LogP contribution in [-0.2, 0) is 0 Å². The Balaban J connectivity index is 3.10. The zero-order valence-electron chi connectivity index (χ0n) is 5.59. The van der Waals surface area contributed by atoms with Gasteiger partial charge in [0, 0.05) is 6.54 Å². The molecule has 3 nitrogen and oxygen atoms in total. The molecule has 0 aliphatic rings. The number of hydrazine groups is 1. The molecule has 0 bridgehead atoms. The van der Waals surface area contributed by atoms with Crippen LogP contribution < -0.4 is 11.6 Å². The molecule has 0 unspecified atom stereocenters. The largest absolute Gasteiger partial charge is 0.317 e. The predicted molar refractivity (Wildman–Crippen MR) is 34.8 cm³/mol. The highest BCUT2D eigenvalue weighted by Crippen LogP contribution is 1.90. The molecule has 50 valence electrons. The van der Waals surface area contributed by atoms with Gasteiger partial charge >= 0.3 is 0 Å². The van der Waals surface area contributed by atoms with Crippen molar-refractivity contribution in [1.82, 2.24) is 5.01 Å². The first-order valence-electron chi connectivity index (χ1n) is 2.86. The lowest BCUT2D eigenvalue weighted by atomic mass is 10.2. The van der Waals surface area contributed by atoms with E-state index < -0.39 is 0 Å². The fraction of sp³-hybridized carbons (Fsp3) is 1.00. The normalized spacial score (nSPS) is 11.2. The molecule has 0 aliphatic carbocycles. The second kappa shape index (κ2) is 3.83. The molecule has 0 atom stereocenters. The van der Waals surface area contributed by atoms with Crippen LogP contribution in [0.2, 0.25) is 0 Å². The molecule has 0 aromatic heterocycles. The molecule has 0 aromatic rings. The van der Waals surface area contributed by atoms with E-state index in [0.717, 1.165) is 6.54 Å². The lowest BCUT2D eigenvalue weighted by Gasteiger charge is -2.14. The minimum atomic E-state index is 0.443. The highest BCUT2D eigenvalue weighted by Gasteiger charge is 1.96. The molecule has 0 saturated carbocycles. The van der Waals surface area contributed by atoms with Gasteiger partial charge in [-0.2, -0.15) is 0 Å². The van der Waals surface area contributed by atoms with Gasteiger partial charge in [0.2, 0.25) is 0 Å². The van der Waals surface area contributed by atoms with Crippen molar-refractivity contribution in [1.29, 1.82) is 0 Å². The Morgan fingerprint density at radius 1 is 1.50 bits per heavy atom. The van der Waals surface area contributed by atoms with Gasteiger partial charge in [-0.1, -0.05) is 13.8 Å². The van der Waals surface area contributed by atoms with Crippen molar-refractivity contribution in [2.75, 3.05) is 13.2 Å². The van der Waals surface area contributed by atoms with Crippen LogP contribution in [0.3, 0.4) is 0 Å². The van der Waals surface area contributed by atoms with Crippen molar-refractivity contribution in [3.05, 3.63) is 0 Å². The van der Waals surface area contributed by atoms with Gasteiger partial charge in [0.15, 0.2) is 0 Å². The maximum Gasteiger partial charge on any atom is 0.0593 e. The summed E-state index contributed by atoms with van der Waals surface area (Å²) in [5, 5.41) is 1.60. The van der Waals surface area contributed by atoms with Crippen LogP contribution in [0, 0.1) is 5.92 Å². The Labute approximate surface area is 50.6 Å². The lowest BCUT2D eigenvalue weighted by Crippen LogP contribution is -2.38. The van der Waals surface area contributed by atoms with Crippen LogP contribution in [-0.4, -0.2) is 18.2 Å². The summed E-state index contributed by atoms with van der Waals surface area (Å²) in [5.74, 6) is 5.98. The average Bonchev–Trinajstić information content (AvgIpc) is 1.65. The van der Waals surface area contributed by atoms with Crippen molar-refractivity contribution < 1.29 is 0 Å². The maximum atomic E-state index is 5.38. The van der Waals surface area contributed by atoms with Gasteiger partial charge < -0.3 is 5.73 Å². The van der Waals surface area contributed by atoms with Crippen LogP contribution >= 0.6 is 0 Å². The van der Waals surface area contributed by atoms with E-state index in [-0.39, 0.29) is 0 Å². The third-order valence-electron chi connectivity index (χ3n) is 0.834. The molecule has 0 fully saturated rings. The second-order valence-electron chi connectivity index (χ2n) is 2.35. The van der Waals surface area contributed by atoms with Gasteiger partial charge in [-0.15, -0.1) is 0 Å². The van der Waals surface area contributed by atoms with Gasteiger partial charge in [-0.3, -0.25) is 5.84 Å². The third-order valence-corrected chi connectivity index (χ3v) is 0.834. The Morgan fingerprint density at radius 3 is 2.12 bits per heavy atom. The average molecular weight is 117 g/mol. The lowest BCUT2D eigenvalue weighted by molar-refractivity contribution is 0.258. The van der Waals surface area contributed by atoms with Gasteiger partial charge in [-0.05, 0) is 5.92 Å². The van der Waals surface area contributed by atoms with Gasteiger partial charge in [0.05, 0.1) is 6.67 Å². The number of hydrogen-bond donors (Lipinski definition) is 2. The van der Waals surface area contributed by atoms with E-state index >= 15 is 0 Å². The summed E-state index contributed by atoms with van der Waals surface area (Å²) in [4.78, 5) is 0. The Hall–Kier alpha value is -0.120. The molecule has 0 radical (unpaired) electrons. The SMILES string of the molecule is CC(C)CN(N)CN. The number of rotatable bonds is 3. The molecule has 8 heavy (non-hydrogen) atoms. The summed E-state index contributed by atoms with van der Waals surface area (Å²) in [5.41, 5.74) is 5.22. The van der Waals surface area contributed by atoms with Crippen LogP contribution in [0.5, 0.6) is 0 Å². The van der Waals surface area contributed by atoms with E-state index in [1.807, 2.05) is 0 Å². The van der Waals surface area contributed by atoms with E-state index in [1.165, 1.54) is 0 Å². The molecule has 0 amide bonds. The maximum absolute atomic E-state index is 5.38. The van der Waals surface area contributed by atoms with Gasteiger partial charge in [-0.25, -0.2) is 5.01 Å². The monoisotopic (exact) mass is 117 g/mol. The van der Waals surface area contributed by atoms with E-state index in [9.17, 15) is 0 Å². The van der Waals surface area contributed by atoms with Gasteiger partial charge in [0.1, 0.15) is 0 Å². The molecule has 3 heteroatoms. The molecule has 0 heterocycles. The molecule has 0 aromatic carbocycles. The molecule has 0 saturated heterocycles. The topological polar surface area (TPSA) is 55.3 Å². The number of hydrogen-bond acceptors (Lipinski definition) is 3. The Kier molecular flexibility index (Phi) is 3.77. The Bertz CT molecular complexity index is 53.6. The quantitative estimate of drug-likeness (QED) is 0.304. The first-order chi connectivity index (χ1) is 3.66. The van der Waals surface area contributed by atoms with Crippen LogP contribution in [0.15, 0.2) is 0 Å². The molecule has 0 spiro atoms. The van der Waals surface area contributed by atoms with Crippen molar-refractivity contribution >= 4 is 0 Å². The van der Waals surface area contributed by atoms with Crippen LogP contribution in [0.4, 0.5) is 0 Å². The summed E-state index contributed by atoms with van der Waals surface area (Å²) >= 11 is 0. The highest BCUT2D eigenvalue weighted by atomic mass is 15.4. The molecule has 0 rings (SSSR count). The van der Waals surface area contributed by atoms with E-state index in [0.29, 0.717) is 12.6 Å². The second-order valence-corrected chi connectivity index (χ2v) is 2.35. The van der Waals surface area contributed by atoms with E-state index in [1.54, 1.807) is 5.01 Å². The predicted octanol–water partition coefficient (Wildman–Crippen LogP) is -0.266. The number of nitrogens with two attached hydrogens (primary N) is 2. The first-order valence-corrected chi connectivity index (χ1v) is 2.86. The summed E-state index contributed by atoms with van der Waals surface area (Å²) in [6, 6.07) is 0. The zero-order valence-corrected chi connectivity index (χ0v) is 5.59. The van der Waals surface area contributed by atoms with E-state index in [2.05, 4.69) is 13.8 Å². The minimum absolute atomic E-state index is 0.443. The standard InChI is InChI=1S/C5H15N3/c1-5(2)3-8(7)4-6/h5H,3-4,6-7H2,1-2H3. The van der Waals surface area contributed by atoms with Crippen LogP contribution in [0.25, 0.3) is 0 Å². The third kappa shape index (κ3) is 4.05. The van der Waals surface area contributed by atoms with Gasteiger partial charge in [0.25, 0.3) is 0 Å². The van der Waals surface area contributed by atoms with Crippen molar-refractivity contribution in [2.24, 2.45) is 17.5 Å². The summed E-state index contributed by atoms with van der Waals surface area (Å²) in [7, 11) is 0. The molecule has 4 N–H and O–H groups in total.